The third-order valence-electron chi connectivity index (χ3n) is 13.6. The van der Waals surface area contributed by atoms with Crippen LogP contribution in [0.1, 0.15) is 62.1 Å². The van der Waals surface area contributed by atoms with Crippen molar-refractivity contribution in [3.8, 4) is 5.75 Å². The lowest BCUT2D eigenvalue weighted by Gasteiger charge is -2.35. The molecule has 1 aliphatic rings. The molecule has 4 rings (SSSR count). The van der Waals surface area contributed by atoms with E-state index in [-0.39, 0.29) is 70.5 Å². The number of nitrogens with two attached hydrogens (primary N) is 2. The molecule has 3 aromatic rings. The van der Waals surface area contributed by atoms with Gasteiger partial charge in [0.05, 0.1) is 19.6 Å². The smallest absolute Gasteiger partial charge is 0.407 e. The van der Waals surface area contributed by atoms with Crippen molar-refractivity contribution >= 4 is 65.2 Å². The highest BCUT2D eigenvalue weighted by Gasteiger charge is 2.42. The molecule has 3 aromatic carbocycles. The van der Waals surface area contributed by atoms with Crippen LogP contribution in [0.15, 0.2) is 97.6 Å². The molecule has 0 unspecified atom stereocenters. The van der Waals surface area contributed by atoms with Crippen molar-refractivity contribution in [2.24, 2.45) is 11.5 Å². The lowest BCUT2D eigenvalue weighted by molar-refractivity contribution is -0.149. The number of hydrogen-bond acceptors (Lipinski definition) is 14. The van der Waals surface area contributed by atoms with Crippen LogP contribution in [0.3, 0.4) is 0 Å². The lowest BCUT2D eigenvalue weighted by atomic mass is 10.00. The molecule has 0 radical (unpaired) electrons. The first-order valence-corrected chi connectivity index (χ1v) is 27.1. The number of rotatable bonds is 32. The first-order valence-electron chi connectivity index (χ1n) is 27.1. The van der Waals surface area contributed by atoms with Crippen molar-refractivity contribution in [2.45, 2.75) is 101 Å². The van der Waals surface area contributed by atoms with Gasteiger partial charge in [-0.25, -0.2) is 4.79 Å². The molecule has 0 saturated carbocycles. The summed E-state index contributed by atoms with van der Waals surface area (Å²) in [4.78, 5) is 153. The van der Waals surface area contributed by atoms with Crippen molar-refractivity contribution in [1.82, 2.24) is 51.5 Å². The minimum absolute atomic E-state index is 0.00850. The Labute approximate surface area is 477 Å². The summed E-state index contributed by atoms with van der Waals surface area (Å²) in [6.07, 6.45) is 2.04. The molecule has 1 heterocycles. The van der Waals surface area contributed by atoms with E-state index in [9.17, 15) is 53.1 Å². The number of benzene rings is 3. The highest BCUT2D eigenvalue weighted by molar-refractivity contribution is 5.98. The van der Waals surface area contributed by atoms with Crippen molar-refractivity contribution in [2.75, 3.05) is 67.0 Å². The summed E-state index contributed by atoms with van der Waals surface area (Å²) in [6.45, 7) is 3.55. The van der Waals surface area contributed by atoms with E-state index in [1.165, 1.54) is 54.1 Å². The zero-order valence-corrected chi connectivity index (χ0v) is 46.9. The molecule has 25 nitrogen and oxygen atoms in total. The van der Waals surface area contributed by atoms with Crippen LogP contribution in [0.25, 0.3) is 0 Å². The first-order chi connectivity index (χ1) is 39.2. The largest absolute Gasteiger partial charge is 0.508 e. The molecule has 6 atom stereocenters. The molecule has 1 fully saturated rings. The van der Waals surface area contributed by atoms with Crippen molar-refractivity contribution in [3.05, 3.63) is 114 Å². The highest BCUT2D eigenvalue weighted by Crippen LogP contribution is 2.23. The Morgan fingerprint density at radius 1 is 0.695 bits per heavy atom. The summed E-state index contributed by atoms with van der Waals surface area (Å²) in [5.74, 6) is -6.84. The zero-order chi connectivity index (χ0) is 60.3. The third-order valence-corrected chi connectivity index (χ3v) is 13.6. The van der Waals surface area contributed by atoms with Crippen LogP contribution >= 0.6 is 0 Å². The fourth-order valence-corrected chi connectivity index (χ4v) is 9.06. The Morgan fingerprint density at radius 2 is 1.28 bits per heavy atom. The average molecular weight is 1140 g/mol. The maximum atomic E-state index is 15.0. The van der Waals surface area contributed by atoms with Gasteiger partial charge in [-0.1, -0.05) is 92.4 Å². The highest BCUT2D eigenvalue weighted by atomic mass is 16.5. The minimum atomic E-state index is -1.39. The molecule has 11 N–H and O–H groups in total. The molecule has 0 aromatic heterocycles. The second-order valence-electron chi connectivity index (χ2n) is 19.7. The molecule has 11 amide bonds. The molecule has 82 heavy (non-hydrogen) atoms. The molecular weight excluding hydrogens is 1060 g/mol. The van der Waals surface area contributed by atoms with E-state index in [0.29, 0.717) is 36.0 Å². The molecule has 25 heteroatoms. The van der Waals surface area contributed by atoms with Crippen LogP contribution in [0.4, 0.5) is 4.79 Å². The van der Waals surface area contributed by atoms with Gasteiger partial charge >= 0.3 is 6.09 Å². The Balaban J connectivity index is 1.62. The van der Waals surface area contributed by atoms with Gasteiger partial charge in [0, 0.05) is 66.5 Å². The molecule has 0 spiro atoms. The number of aromatic hydroxyl groups is 1. The van der Waals surface area contributed by atoms with E-state index >= 15 is 4.79 Å². The van der Waals surface area contributed by atoms with Crippen molar-refractivity contribution < 1.29 is 62.6 Å². The maximum Gasteiger partial charge on any atom is 0.407 e. The predicted octanol–water partition coefficient (Wildman–Crippen LogP) is -0.853. The summed E-state index contributed by atoms with van der Waals surface area (Å²) in [7, 11) is 4.15. The van der Waals surface area contributed by atoms with Crippen LogP contribution in [-0.4, -0.2) is 193 Å². The number of alkyl carbamates (subject to hydrolysis) is 1. The van der Waals surface area contributed by atoms with E-state index < -0.39 is 121 Å². The van der Waals surface area contributed by atoms with Gasteiger partial charge in [-0.15, -0.1) is 0 Å². The summed E-state index contributed by atoms with van der Waals surface area (Å²) in [5, 5.41) is 25.5. The van der Waals surface area contributed by atoms with Gasteiger partial charge in [0.2, 0.25) is 59.1 Å². The number of phenols is 1. The molecular formula is C57H78N12O13. The molecule has 1 saturated heterocycles. The van der Waals surface area contributed by atoms with Crippen LogP contribution in [0.2, 0.25) is 0 Å². The van der Waals surface area contributed by atoms with Crippen molar-refractivity contribution in [1.29, 1.82) is 0 Å². The van der Waals surface area contributed by atoms with Gasteiger partial charge < -0.3 is 72.8 Å². The van der Waals surface area contributed by atoms with Crippen LogP contribution in [0, 0.1) is 0 Å². The lowest BCUT2D eigenvalue weighted by Crippen LogP contribution is -2.60. The third kappa shape index (κ3) is 21.0. The summed E-state index contributed by atoms with van der Waals surface area (Å²) in [6, 6.07) is 16.1. The number of carbonyl (C=O) groups is 11. The molecule has 0 bridgehead atoms. The molecule has 0 aliphatic carbocycles. The topological polar surface area (TPSA) is 354 Å². The second kappa shape index (κ2) is 33.7. The average Bonchev–Trinajstić information content (AvgIpc) is 4.15. The quantitative estimate of drug-likeness (QED) is 0.0272. The zero-order valence-electron chi connectivity index (χ0n) is 46.9. The van der Waals surface area contributed by atoms with Gasteiger partial charge in [-0.3, -0.25) is 47.9 Å². The Hall–Kier alpha value is -8.87. The normalized spacial score (nSPS) is 14.5. The Kier molecular flexibility index (Phi) is 26.9. The Morgan fingerprint density at radius 3 is 1.88 bits per heavy atom. The predicted molar refractivity (Wildman–Crippen MR) is 301 cm³/mol. The fourth-order valence-electron chi connectivity index (χ4n) is 9.06. The van der Waals surface area contributed by atoms with Gasteiger partial charge in [0.15, 0.2) is 0 Å². The summed E-state index contributed by atoms with van der Waals surface area (Å²) < 4.78 is 4.94. The number of carbonyl (C=O) groups excluding carboxylic acids is 11. The van der Waals surface area contributed by atoms with Gasteiger partial charge in [-0.05, 0) is 60.9 Å². The number of nitrogens with zero attached hydrogens (tertiary/aromatic N) is 4. The monoisotopic (exact) mass is 1140 g/mol. The molecule has 1 aliphatic heterocycles. The van der Waals surface area contributed by atoms with E-state index in [1.54, 1.807) is 79.7 Å². The van der Waals surface area contributed by atoms with Crippen LogP contribution in [-0.2, 0) is 71.9 Å². The van der Waals surface area contributed by atoms with E-state index in [2.05, 4.69) is 38.5 Å². The van der Waals surface area contributed by atoms with Crippen LogP contribution < -0.4 is 43.4 Å². The summed E-state index contributed by atoms with van der Waals surface area (Å²) in [5.41, 5.74) is 12.8. The number of hydrogen-bond donors (Lipinski definition) is 9. The number of unbranched alkanes of at least 4 members (excludes halogenated alkanes) is 1. The number of phenolic OH excluding ortho intramolecular Hbond substituents is 1. The standard InChI is InChI=1S/C57H78N12O13/c1-6-29-82-57(81)60-27-15-14-21-41(63-49(73)35-61-48(72)7-2)53(77)67(4)45(31-37-17-10-8-11-18-37)55(79)66(3)36-50(74)64-42(30-39-23-25-40(70)26-24-39)54(78)68(5)46(32-38-19-12-9-13-20-38)56(80)69-28-16-22-44(69)52(76)65-43(33-58)51(75)62-34-47(59)71/h6,8-13,17-20,23-26,41-46,70H,1,7,14-16,21-22,27-36,58H2,2-5H3,(H2,59,71)(H,60,81)(H,61,72)(H,62,75)(H,63,73)(H,64,74)(H,65,76)/t41-,42-,43-,44-,45-,46-/m0/s1. The second-order valence-corrected chi connectivity index (χ2v) is 19.7. The Bertz CT molecular complexity index is 2680. The van der Waals surface area contributed by atoms with Crippen molar-refractivity contribution in [3.63, 3.8) is 0 Å². The number of likely N-dealkylation sites (tertiary alicyclic amines) is 1. The van der Waals surface area contributed by atoms with Gasteiger partial charge in [-0.2, -0.15) is 0 Å². The van der Waals surface area contributed by atoms with Crippen LogP contribution in [0.5, 0.6) is 5.75 Å². The van der Waals surface area contributed by atoms with Gasteiger partial charge in [0.1, 0.15) is 48.6 Å². The number of amides is 11. The van der Waals surface area contributed by atoms with E-state index in [1.807, 2.05) is 0 Å². The first kappa shape index (κ1) is 65.6. The number of likely N-dealkylation sites (N-methyl/N-ethyl adjacent to an activating group) is 3. The minimum Gasteiger partial charge on any atom is -0.508 e. The van der Waals surface area contributed by atoms with Gasteiger partial charge in [0.25, 0.3) is 0 Å². The number of nitrogens with one attached hydrogen (secondary N) is 6. The van der Waals surface area contributed by atoms with E-state index in [0.717, 1.165) is 4.90 Å². The fraction of sp³-hybridized carbons (Fsp3) is 0.456. The maximum absolute atomic E-state index is 15.0. The SMILES string of the molecule is C=CCOC(=O)NCCCC[C@H](NC(=O)CNC(=O)CC)C(=O)N(C)[C@@H](Cc1ccccc1)C(=O)N(C)CC(=O)N[C@@H](Cc1ccc(O)cc1)C(=O)N(C)[C@@H](Cc1ccccc1)C(=O)N1CCC[C@H]1C(=O)N[C@@H](CN)C(=O)NCC(N)=O. The number of primary amides is 1. The molecule has 444 valence electrons. The number of ether oxygens (including phenoxy) is 1. The summed E-state index contributed by atoms with van der Waals surface area (Å²) >= 11 is 0. The van der Waals surface area contributed by atoms with E-state index in [4.69, 9.17) is 16.2 Å².